The van der Waals surface area contributed by atoms with Gasteiger partial charge in [0.15, 0.2) is 0 Å². The Kier molecular flexibility index (Phi) is 4.04. The van der Waals surface area contributed by atoms with E-state index in [0.29, 0.717) is 5.56 Å². The molecule has 0 bridgehead atoms. The molecule has 1 aliphatic rings. The molecule has 0 saturated heterocycles. The molecule has 1 amide bonds. The quantitative estimate of drug-likeness (QED) is 0.924. The average Bonchev–Trinajstić information content (AvgIpc) is 3.18. The average molecular weight is 286 g/mol. The van der Waals surface area contributed by atoms with Gasteiger partial charge in [-0.25, -0.2) is 0 Å². The lowest BCUT2D eigenvalue weighted by Crippen LogP contribution is -2.42. The lowest BCUT2D eigenvalue weighted by atomic mass is 10.1. The van der Waals surface area contributed by atoms with Gasteiger partial charge in [-0.2, -0.15) is 13.2 Å². The molecule has 1 aliphatic carbocycles. The molecular formula is C14H17F3N2O. The van der Waals surface area contributed by atoms with Crippen molar-refractivity contribution in [1.29, 1.82) is 0 Å². The molecule has 3 nitrogen and oxygen atoms in total. The van der Waals surface area contributed by atoms with Crippen molar-refractivity contribution < 1.29 is 18.0 Å². The van der Waals surface area contributed by atoms with Crippen LogP contribution >= 0.6 is 0 Å². The van der Waals surface area contributed by atoms with E-state index < -0.39 is 17.8 Å². The van der Waals surface area contributed by atoms with E-state index in [-0.39, 0.29) is 18.5 Å². The lowest BCUT2D eigenvalue weighted by Gasteiger charge is -2.24. The minimum atomic E-state index is -4.37. The van der Waals surface area contributed by atoms with Gasteiger partial charge in [0, 0.05) is 12.6 Å². The van der Waals surface area contributed by atoms with Gasteiger partial charge in [0.05, 0.1) is 11.6 Å². The van der Waals surface area contributed by atoms with Crippen molar-refractivity contribution in [2.45, 2.75) is 44.6 Å². The second-order valence-corrected chi connectivity index (χ2v) is 5.18. The van der Waals surface area contributed by atoms with Crippen LogP contribution in [-0.2, 0) is 17.5 Å². The monoisotopic (exact) mass is 286 g/mol. The van der Waals surface area contributed by atoms with Crippen LogP contribution in [0.1, 0.15) is 30.9 Å². The Morgan fingerprint density at radius 3 is 2.60 bits per heavy atom. The van der Waals surface area contributed by atoms with Gasteiger partial charge in [-0.05, 0) is 37.5 Å². The van der Waals surface area contributed by atoms with Crippen molar-refractivity contribution >= 4 is 5.91 Å². The summed E-state index contributed by atoms with van der Waals surface area (Å²) in [6, 6.07) is 4.55. The van der Waals surface area contributed by atoms with Crippen molar-refractivity contribution in [1.82, 2.24) is 4.90 Å². The summed E-state index contributed by atoms with van der Waals surface area (Å²) in [7, 11) is 0. The number of halogens is 3. The second-order valence-electron chi connectivity index (χ2n) is 5.18. The van der Waals surface area contributed by atoms with Crippen LogP contribution in [0.5, 0.6) is 0 Å². The summed E-state index contributed by atoms with van der Waals surface area (Å²) in [5.41, 5.74) is 5.36. The summed E-state index contributed by atoms with van der Waals surface area (Å²) in [6.45, 7) is 1.76. The summed E-state index contributed by atoms with van der Waals surface area (Å²) >= 11 is 0. The summed E-state index contributed by atoms with van der Waals surface area (Å²) in [4.78, 5) is 13.6. The zero-order chi connectivity index (χ0) is 14.9. The Morgan fingerprint density at radius 2 is 2.10 bits per heavy atom. The van der Waals surface area contributed by atoms with Gasteiger partial charge in [0.2, 0.25) is 5.91 Å². The Balaban J connectivity index is 2.17. The molecule has 2 N–H and O–H groups in total. The second kappa shape index (κ2) is 5.44. The smallest absolute Gasteiger partial charge is 0.334 e. The van der Waals surface area contributed by atoms with Crippen molar-refractivity contribution in [3.05, 3.63) is 35.4 Å². The summed E-state index contributed by atoms with van der Waals surface area (Å²) in [5.74, 6) is -0.218. The van der Waals surface area contributed by atoms with Crippen LogP contribution in [0.2, 0.25) is 0 Å². The third kappa shape index (κ3) is 3.50. The molecule has 1 aromatic rings. The number of hydrogen-bond donors (Lipinski definition) is 1. The van der Waals surface area contributed by atoms with Crippen molar-refractivity contribution in [3.8, 4) is 0 Å². The van der Waals surface area contributed by atoms with E-state index in [9.17, 15) is 18.0 Å². The molecule has 1 atom stereocenters. The highest BCUT2D eigenvalue weighted by molar-refractivity contribution is 5.81. The summed E-state index contributed by atoms with van der Waals surface area (Å²) in [6.07, 6.45) is -2.60. The van der Waals surface area contributed by atoms with Gasteiger partial charge < -0.3 is 10.6 Å². The fourth-order valence-electron chi connectivity index (χ4n) is 2.08. The molecule has 0 spiro atoms. The number of carbonyl (C=O) groups is 1. The Bertz CT molecular complexity index is 495. The van der Waals surface area contributed by atoms with Crippen LogP contribution in [0.3, 0.4) is 0 Å². The van der Waals surface area contributed by atoms with Gasteiger partial charge >= 0.3 is 6.18 Å². The van der Waals surface area contributed by atoms with E-state index in [1.54, 1.807) is 17.9 Å². The van der Waals surface area contributed by atoms with Crippen LogP contribution in [0.25, 0.3) is 0 Å². The van der Waals surface area contributed by atoms with Crippen LogP contribution in [0.15, 0.2) is 24.3 Å². The Morgan fingerprint density at radius 1 is 1.45 bits per heavy atom. The number of rotatable bonds is 4. The van der Waals surface area contributed by atoms with Gasteiger partial charge in [-0.3, -0.25) is 4.79 Å². The van der Waals surface area contributed by atoms with E-state index in [0.717, 1.165) is 25.0 Å². The highest BCUT2D eigenvalue weighted by Crippen LogP contribution is 2.32. The molecule has 1 saturated carbocycles. The molecule has 0 unspecified atom stereocenters. The van der Waals surface area contributed by atoms with E-state index in [1.807, 2.05) is 0 Å². The van der Waals surface area contributed by atoms with E-state index in [1.165, 1.54) is 6.07 Å². The third-order valence-corrected chi connectivity index (χ3v) is 3.27. The maximum atomic E-state index is 12.7. The molecule has 1 fully saturated rings. The van der Waals surface area contributed by atoms with Gasteiger partial charge in [0.1, 0.15) is 0 Å². The number of hydrogen-bond acceptors (Lipinski definition) is 2. The maximum absolute atomic E-state index is 12.7. The summed E-state index contributed by atoms with van der Waals surface area (Å²) in [5, 5.41) is 0. The number of nitrogens with two attached hydrogens (primary N) is 1. The molecule has 2 rings (SSSR count). The van der Waals surface area contributed by atoms with Gasteiger partial charge in [0.25, 0.3) is 0 Å². The first kappa shape index (κ1) is 14.8. The molecule has 6 heteroatoms. The Labute approximate surface area is 115 Å². The number of alkyl halides is 3. The fourth-order valence-corrected chi connectivity index (χ4v) is 2.08. The Hall–Kier alpha value is -1.56. The standard InChI is InChI=1S/C14H17F3N2O/c1-9(18)13(20)19(12-5-6-12)8-10-3-2-4-11(7-10)14(15,16)17/h2-4,7,9,12H,5-6,8,18H2,1H3/t9-/m0/s1. The minimum absolute atomic E-state index is 0.114. The van der Waals surface area contributed by atoms with E-state index in [4.69, 9.17) is 5.73 Å². The highest BCUT2D eigenvalue weighted by Gasteiger charge is 2.34. The maximum Gasteiger partial charge on any atom is 0.416 e. The van der Waals surface area contributed by atoms with Gasteiger partial charge in [-0.15, -0.1) is 0 Å². The lowest BCUT2D eigenvalue weighted by molar-refractivity contribution is -0.137. The summed E-state index contributed by atoms with van der Waals surface area (Å²) < 4.78 is 38.0. The normalized spacial score (nSPS) is 16.9. The number of carbonyl (C=O) groups excluding carboxylic acids is 1. The van der Waals surface area contributed by atoms with Crippen molar-refractivity contribution in [2.75, 3.05) is 0 Å². The minimum Gasteiger partial charge on any atom is -0.334 e. The molecular weight excluding hydrogens is 269 g/mol. The topological polar surface area (TPSA) is 46.3 Å². The number of amides is 1. The van der Waals surface area contributed by atoms with Crippen molar-refractivity contribution in [2.24, 2.45) is 5.73 Å². The molecule has 0 aromatic heterocycles. The van der Waals surface area contributed by atoms with Crippen LogP contribution in [0.4, 0.5) is 13.2 Å². The predicted octanol–water partition coefficient (Wildman–Crippen LogP) is 2.54. The molecule has 0 radical (unpaired) electrons. The number of nitrogens with zero attached hydrogens (tertiary/aromatic N) is 1. The van der Waals surface area contributed by atoms with Crippen molar-refractivity contribution in [3.63, 3.8) is 0 Å². The zero-order valence-corrected chi connectivity index (χ0v) is 11.2. The largest absolute Gasteiger partial charge is 0.416 e. The SMILES string of the molecule is C[C@H](N)C(=O)N(Cc1cccc(C(F)(F)F)c1)C1CC1. The van der Waals surface area contributed by atoms with E-state index >= 15 is 0 Å². The zero-order valence-electron chi connectivity index (χ0n) is 11.2. The first-order valence-corrected chi connectivity index (χ1v) is 6.51. The molecule has 1 aromatic carbocycles. The van der Waals surface area contributed by atoms with Crippen LogP contribution in [-0.4, -0.2) is 22.9 Å². The third-order valence-electron chi connectivity index (χ3n) is 3.27. The molecule has 0 aliphatic heterocycles. The van der Waals surface area contributed by atoms with Crippen LogP contribution in [0, 0.1) is 0 Å². The highest BCUT2D eigenvalue weighted by atomic mass is 19.4. The molecule has 0 heterocycles. The predicted molar refractivity (Wildman–Crippen MR) is 68.7 cm³/mol. The molecule has 20 heavy (non-hydrogen) atoms. The van der Waals surface area contributed by atoms with Gasteiger partial charge in [-0.1, -0.05) is 12.1 Å². The van der Waals surface area contributed by atoms with E-state index in [2.05, 4.69) is 0 Å². The number of benzene rings is 1. The first-order chi connectivity index (χ1) is 9.29. The first-order valence-electron chi connectivity index (χ1n) is 6.51. The van der Waals surface area contributed by atoms with Crippen LogP contribution < -0.4 is 5.73 Å². The fraction of sp³-hybridized carbons (Fsp3) is 0.500. The molecule has 110 valence electrons.